The van der Waals surface area contributed by atoms with Gasteiger partial charge in [0.2, 0.25) is 5.91 Å². The van der Waals surface area contributed by atoms with Crippen LogP contribution in [0.2, 0.25) is 0 Å². The van der Waals surface area contributed by atoms with Crippen molar-refractivity contribution < 1.29 is 9.18 Å². The molecule has 0 atom stereocenters. The lowest BCUT2D eigenvalue weighted by Gasteiger charge is -2.07. The minimum atomic E-state index is -0.385. The monoisotopic (exact) mass is 362 g/mol. The Kier molecular flexibility index (Phi) is 4.25. The highest BCUT2D eigenvalue weighted by Crippen LogP contribution is 2.17. The third-order valence-electron chi connectivity index (χ3n) is 4.12. The van der Waals surface area contributed by atoms with Gasteiger partial charge in [-0.1, -0.05) is 30.3 Å². The van der Waals surface area contributed by atoms with Crippen molar-refractivity contribution in [3.63, 3.8) is 0 Å². The lowest BCUT2D eigenvalue weighted by Crippen LogP contribution is -2.28. The largest absolute Gasteiger partial charge is 0.325 e. The van der Waals surface area contributed by atoms with E-state index in [1.807, 2.05) is 30.3 Å². The zero-order valence-corrected chi connectivity index (χ0v) is 14.2. The second-order valence-electron chi connectivity index (χ2n) is 6.01. The first kappa shape index (κ1) is 16.7. The Morgan fingerprint density at radius 3 is 2.52 bits per heavy atom. The number of benzene rings is 2. The molecule has 0 spiro atoms. The zero-order chi connectivity index (χ0) is 18.8. The number of hydrogen-bond donors (Lipinski definition) is 1. The van der Waals surface area contributed by atoms with Crippen molar-refractivity contribution in [2.75, 3.05) is 5.32 Å². The summed E-state index contributed by atoms with van der Waals surface area (Å²) in [6.45, 7) is -0.154. The Morgan fingerprint density at radius 1 is 1.04 bits per heavy atom. The van der Waals surface area contributed by atoms with Gasteiger partial charge in [0.05, 0.1) is 5.69 Å². The number of fused-ring (bicyclic) bond motifs is 1. The normalized spacial score (nSPS) is 10.9. The van der Waals surface area contributed by atoms with E-state index in [0.29, 0.717) is 16.9 Å². The average Bonchev–Trinajstić information content (AvgIpc) is 3.12. The van der Waals surface area contributed by atoms with Gasteiger partial charge in [-0.3, -0.25) is 9.59 Å². The van der Waals surface area contributed by atoms with E-state index in [9.17, 15) is 14.0 Å². The van der Waals surface area contributed by atoms with E-state index in [1.165, 1.54) is 39.5 Å². The van der Waals surface area contributed by atoms with E-state index in [-0.39, 0.29) is 23.8 Å². The number of anilines is 1. The van der Waals surface area contributed by atoms with Crippen LogP contribution >= 0.6 is 0 Å². The van der Waals surface area contributed by atoms with Crippen molar-refractivity contribution in [1.82, 2.24) is 14.2 Å². The van der Waals surface area contributed by atoms with Gasteiger partial charge < -0.3 is 9.88 Å². The molecule has 7 heteroatoms. The standard InChI is InChI=1S/C20H15FN4O2/c21-15-6-8-16(9-7-15)22-19(26)13-24-10-11-25-18(20(24)27)12-17(23-25)14-4-2-1-3-5-14/h1-12H,13H2,(H,22,26). The van der Waals surface area contributed by atoms with E-state index in [4.69, 9.17) is 0 Å². The molecular formula is C20H15FN4O2. The van der Waals surface area contributed by atoms with E-state index >= 15 is 0 Å². The van der Waals surface area contributed by atoms with E-state index in [0.717, 1.165) is 5.56 Å². The molecule has 1 N–H and O–H groups in total. The third-order valence-corrected chi connectivity index (χ3v) is 4.12. The fraction of sp³-hybridized carbons (Fsp3) is 0.0500. The molecule has 1 amide bonds. The van der Waals surface area contributed by atoms with Crippen LogP contribution in [0.25, 0.3) is 16.8 Å². The molecule has 0 bridgehead atoms. The lowest BCUT2D eigenvalue weighted by molar-refractivity contribution is -0.116. The number of halogens is 1. The average molecular weight is 362 g/mol. The maximum Gasteiger partial charge on any atom is 0.277 e. The van der Waals surface area contributed by atoms with E-state index in [1.54, 1.807) is 12.3 Å². The van der Waals surface area contributed by atoms with Crippen molar-refractivity contribution >= 4 is 17.1 Å². The maximum atomic E-state index is 12.9. The molecule has 2 aromatic heterocycles. The fourth-order valence-corrected chi connectivity index (χ4v) is 2.79. The van der Waals surface area contributed by atoms with Gasteiger partial charge in [0, 0.05) is 23.6 Å². The molecule has 4 aromatic rings. The minimum Gasteiger partial charge on any atom is -0.325 e. The molecule has 0 saturated carbocycles. The van der Waals surface area contributed by atoms with Gasteiger partial charge in [0.25, 0.3) is 5.56 Å². The quantitative estimate of drug-likeness (QED) is 0.607. The summed E-state index contributed by atoms with van der Waals surface area (Å²) < 4.78 is 15.7. The molecule has 4 rings (SSSR count). The lowest BCUT2D eigenvalue weighted by atomic mass is 10.1. The molecule has 0 saturated heterocycles. The highest BCUT2D eigenvalue weighted by atomic mass is 19.1. The van der Waals surface area contributed by atoms with Crippen molar-refractivity contribution in [1.29, 1.82) is 0 Å². The molecule has 2 aromatic carbocycles. The van der Waals surface area contributed by atoms with Gasteiger partial charge in [-0.05, 0) is 30.3 Å². The summed E-state index contributed by atoms with van der Waals surface area (Å²) in [6.07, 6.45) is 3.15. The number of nitrogens with one attached hydrogen (secondary N) is 1. The summed E-state index contributed by atoms with van der Waals surface area (Å²) >= 11 is 0. The Labute approximate surface area is 153 Å². The molecule has 6 nitrogen and oxygen atoms in total. The summed E-state index contributed by atoms with van der Waals surface area (Å²) in [7, 11) is 0. The predicted octanol–water partition coefficient (Wildman–Crippen LogP) is 2.94. The highest BCUT2D eigenvalue weighted by Gasteiger charge is 2.11. The molecule has 0 radical (unpaired) electrons. The fourth-order valence-electron chi connectivity index (χ4n) is 2.79. The van der Waals surface area contributed by atoms with Crippen molar-refractivity contribution in [3.05, 3.63) is 89.2 Å². The molecular weight excluding hydrogens is 347 g/mol. The van der Waals surface area contributed by atoms with Crippen LogP contribution in [0.4, 0.5) is 10.1 Å². The van der Waals surface area contributed by atoms with Gasteiger partial charge in [0.15, 0.2) is 0 Å². The van der Waals surface area contributed by atoms with Crippen molar-refractivity contribution in [3.8, 4) is 11.3 Å². The highest BCUT2D eigenvalue weighted by molar-refractivity contribution is 5.90. The van der Waals surface area contributed by atoms with Gasteiger partial charge in [-0.2, -0.15) is 5.10 Å². The first-order chi connectivity index (χ1) is 13.1. The van der Waals surface area contributed by atoms with Crippen LogP contribution < -0.4 is 10.9 Å². The smallest absolute Gasteiger partial charge is 0.277 e. The number of nitrogens with zero attached hydrogens (tertiary/aromatic N) is 3. The second kappa shape index (κ2) is 6.87. The minimum absolute atomic E-state index is 0.154. The topological polar surface area (TPSA) is 68.4 Å². The van der Waals surface area contributed by atoms with Gasteiger partial charge in [0.1, 0.15) is 17.9 Å². The van der Waals surface area contributed by atoms with Crippen LogP contribution in [-0.4, -0.2) is 20.1 Å². The molecule has 0 aliphatic carbocycles. The summed E-state index contributed by atoms with van der Waals surface area (Å²) in [5, 5.41) is 7.04. The second-order valence-corrected chi connectivity index (χ2v) is 6.01. The Bertz CT molecular complexity index is 1160. The van der Waals surface area contributed by atoms with Crippen LogP contribution in [0.3, 0.4) is 0 Å². The van der Waals surface area contributed by atoms with Gasteiger partial charge >= 0.3 is 0 Å². The third kappa shape index (κ3) is 3.48. The van der Waals surface area contributed by atoms with Crippen LogP contribution in [0.5, 0.6) is 0 Å². The molecule has 2 heterocycles. The molecule has 134 valence electrons. The first-order valence-corrected chi connectivity index (χ1v) is 8.30. The number of carbonyl (C=O) groups is 1. The summed E-state index contributed by atoms with van der Waals surface area (Å²) in [5.41, 5.74) is 2.11. The Morgan fingerprint density at radius 2 is 1.78 bits per heavy atom. The molecule has 27 heavy (non-hydrogen) atoms. The molecule has 0 unspecified atom stereocenters. The van der Waals surface area contributed by atoms with Crippen molar-refractivity contribution in [2.45, 2.75) is 6.54 Å². The summed E-state index contributed by atoms with van der Waals surface area (Å²) in [4.78, 5) is 24.9. The number of rotatable bonds is 4. The molecule has 0 aliphatic rings. The summed E-state index contributed by atoms with van der Waals surface area (Å²) in [5.74, 6) is -0.763. The van der Waals surface area contributed by atoms with Crippen LogP contribution in [-0.2, 0) is 11.3 Å². The number of aromatic nitrogens is 3. The zero-order valence-electron chi connectivity index (χ0n) is 14.2. The SMILES string of the molecule is O=C(Cn1ccn2nc(-c3ccccc3)cc2c1=O)Nc1ccc(F)cc1. The predicted molar refractivity (Wildman–Crippen MR) is 99.9 cm³/mol. The summed E-state index contributed by atoms with van der Waals surface area (Å²) in [6, 6.07) is 16.7. The molecule has 0 aliphatic heterocycles. The van der Waals surface area contributed by atoms with Crippen LogP contribution in [0.1, 0.15) is 0 Å². The van der Waals surface area contributed by atoms with Gasteiger partial charge in [-0.15, -0.1) is 0 Å². The van der Waals surface area contributed by atoms with Crippen molar-refractivity contribution in [2.24, 2.45) is 0 Å². The number of carbonyl (C=O) groups excluding carboxylic acids is 1. The Hall–Kier alpha value is -3.74. The van der Waals surface area contributed by atoms with Gasteiger partial charge in [-0.25, -0.2) is 8.91 Å². The number of amides is 1. The first-order valence-electron chi connectivity index (χ1n) is 8.30. The van der Waals surface area contributed by atoms with Crippen LogP contribution in [0, 0.1) is 5.82 Å². The maximum absolute atomic E-state index is 12.9. The van der Waals surface area contributed by atoms with E-state index in [2.05, 4.69) is 10.4 Å². The van der Waals surface area contributed by atoms with E-state index < -0.39 is 0 Å². The van der Waals surface area contributed by atoms with Crippen LogP contribution in [0.15, 0.2) is 77.9 Å². The Balaban J connectivity index is 1.59. The molecule has 0 fully saturated rings. The number of hydrogen-bond acceptors (Lipinski definition) is 3.